The first-order valence-electron chi connectivity index (χ1n) is 12.9. The summed E-state index contributed by atoms with van der Waals surface area (Å²) >= 11 is 6.17. The Kier molecular flexibility index (Phi) is 8.28. The topological polar surface area (TPSA) is 70.5 Å². The van der Waals surface area contributed by atoms with Gasteiger partial charge in [-0.15, -0.1) is 0 Å². The molecule has 1 aliphatic heterocycles. The molecule has 0 atom stereocenters. The van der Waals surface area contributed by atoms with Crippen molar-refractivity contribution in [1.82, 2.24) is 19.8 Å². The van der Waals surface area contributed by atoms with Crippen LogP contribution in [0.3, 0.4) is 0 Å². The molecule has 210 valence electrons. The molecule has 11 heteroatoms. The first kappa shape index (κ1) is 28.9. The van der Waals surface area contributed by atoms with Crippen molar-refractivity contribution < 1.29 is 18.0 Å². The number of anilines is 1. The van der Waals surface area contributed by atoms with Gasteiger partial charge in [0.15, 0.2) is 0 Å². The molecule has 7 nitrogen and oxygen atoms in total. The molecule has 1 N–H and O–H groups in total. The van der Waals surface area contributed by atoms with Crippen LogP contribution >= 0.6 is 11.6 Å². The number of nitrogens with one attached hydrogen (secondary N) is 1. The maximum absolute atomic E-state index is 13.8. The van der Waals surface area contributed by atoms with Gasteiger partial charge in [-0.2, -0.15) is 13.2 Å². The number of rotatable bonds is 6. The SMILES string of the molecule is CC(C)N1CCCN(c2ccc3nc(-c4cccc(Cl)c4)n(CC(=O)NC(C)(C)C(F)(F)F)c(=O)c3c2)CC1. The number of hydrogen-bond donors (Lipinski definition) is 1. The summed E-state index contributed by atoms with van der Waals surface area (Å²) in [6, 6.07) is 12.5. The van der Waals surface area contributed by atoms with Crippen LogP contribution in [0, 0.1) is 0 Å². The van der Waals surface area contributed by atoms with Gasteiger partial charge >= 0.3 is 6.18 Å². The third kappa shape index (κ3) is 6.38. The van der Waals surface area contributed by atoms with Crippen molar-refractivity contribution in [2.24, 2.45) is 0 Å². The zero-order valence-electron chi connectivity index (χ0n) is 22.5. The minimum Gasteiger partial charge on any atom is -0.370 e. The number of nitrogens with zero attached hydrogens (tertiary/aromatic N) is 4. The minimum absolute atomic E-state index is 0.144. The Hall–Kier alpha value is -3.11. The normalized spacial score (nSPS) is 15.6. The van der Waals surface area contributed by atoms with Crippen LogP contribution in [0.15, 0.2) is 47.3 Å². The van der Waals surface area contributed by atoms with Gasteiger partial charge in [-0.1, -0.05) is 23.7 Å². The monoisotopic (exact) mass is 563 g/mol. The zero-order valence-corrected chi connectivity index (χ0v) is 23.2. The van der Waals surface area contributed by atoms with E-state index in [4.69, 9.17) is 11.6 Å². The third-order valence-electron chi connectivity index (χ3n) is 7.11. The molecule has 2 aromatic carbocycles. The van der Waals surface area contributed by atoms with E-state index >= 15 is 0 Å². The van der Waals surface area contributed by atoms with E-state index in [1.165, 1.54) is 0 Å². The van der Waals surface area contributed by atoms with Gasteiger partial charge in [0, 0.05) is 48.5 Å². The fourth-order valence-corrected chi connectivity index (χ4v) is 4.91. The number of alkyl halides is 3. The molecule has 0 spiro atoms. The summed E-state index contributed by atoms with van der Waals surface area (Å²) in [7, 11) is 0. The van der Waals surface area contributed by atoms with E-state index in [2.05, 4.69) is 28.6 Å². The molecule has 4 rings (SSSR count). The van der Waals surface area contributed by atoms with E-state index in [9.17, 15) is 22.8 Å². The highest BCUT2D eigenvalue weighted by atomic mass is 35.5. The van der Waals surface area contributed by atoms with Crippen LogP contribution in [0.2, 0.25) is 5.02 Å². The number of halogens is 4. The van der Waals surface area contributed by atoms with Gasteiger partial charge in [0.05, 0.1) is 10.9 Å². The summed E-state index contributed by atoms with van der Waals surface area (Å²) in [6.07, 6.45) is -3.69. The lowest BCUT2D eigenvalue weighted by molar-refractivity contribution is -0.188. The van der Waals surface area contributed by atoms with Crippen LogP contribution in [-0.4, -0.2) is 64.3 Å². The van der Waals surface area contributed by atoms with Crippen molar-refractivity contribution in [3.05, 3.63) is 57.8 Å². The van der Waals surface area contributed by atoms with Crippen LogP contribution in [0.25, 0.3) is 22.3 Å². The molecule has 0 radical (unpaired) electrons. The number of aromatic nitrogens is 2. The quantitative estimate of drug-likeness (QED) is 0.452. The average molecular weight is 564 g/mol. The lowest BCUT2D eigenvalue weighted by atomic mass is 10.1. The van der Waals surface area contributed by atoms with Crippen LogP contribution in [0.4, 0.5) is 18.9 Å². The Morgan fingerprint density at radius 2 is 1.82 bits per heavy atom. The predicted octanol–water partition coefficient (Wildman–Crippen LogP) is 5.09. The second kappa shape index (κ2) is 11.2. The predicted molar refractivity (Wildman–Crippen MR) is 148 cm³/mol. The van der Waals surface area contributed by atoms with E-state index in [0.29, 0.717) is 22.1 Å². The highest BCUT2D eigenvalue weighted by Crippen LogP contribution is 2.30. The van der Waals surface area contributed by atoms with Crippen molar-refractivity contribution in [2.45, 2.75) is 58.4 Å². The highest BCUT2D eigenvalue weighted by Gasteiger charge is 2.48. The van der Waals surface area contributed by atoms with Crippen LogP contribution in [0.1, 0.15) is 34.1 Å². The van der Waals surface area contributed by atoms with Crippen LogP contribution in [0.5, 0.6) is 0 Å². The highest BCUT2D eigenvalue weighted by molar-refractivity contribution is 6.30. The van der Waals surface area contributed by atoms with Crippen molar-refractivity contribution in [1.29, 1.82) is 0 Å². The smallest absolute Gasteiger partial charge is 0.370 e. The number of carbonyl (C=O) groups is 1. The fourth-order valence-electron chi connectivity index (χ4n) is 4.71. The second-order valence-corrected chi connectivity index (χ2v) is 11.1. The third-order valence-corrected chi connectivity index (χ3v) is 7.34. The number of carbonyl (C=O) groups excluding carboxylic acids is 1. The Labute approximate surface area is 230 Å². The molecule has 1 saturated heterocycles. The second-order valence-electron chi connectivity index (χ2n) is 10.7. The number of benzene rings is 2. The van der Waals surface area contributed by atoms with Crippen molar-refractivity contribution >= 4 is 34.1 Å². The summed E-state index contributed by atoms with van der Waals surface area (Å²) < 4.78 is 41.3. The molecule has 2 heterocycles. The molecule has 39 heavy (non-hydrogen) atoms. The van der Waals surface area contributed by atoms with Gasteiger partial charge < -0.3 is 10.2 Å². The van der Waals surface area contributed by atoms with E-state index in [-0.39, 0.29) is 11.2 Å². The molecule has 1 amide bonds. The van der Waals surface area contributed by atoms with Gasteiger partial charge in [0.25, 0.3) is 5.56 Å². The molecule has 1 aromatic heterocycles. The molecule has 0 saturated carbocycles. The molecule has 3 aromatic rings. The molecule has 1 aliphatic rings. The Bertz CT molecular complexity index is 1420. The summed E-state index contributed by atoms with van der Waals surface area (Å²) in [6.45, 7) is 8.94. The van der Waals surface area contributed by atoms with E-state index in [1.807, 2.05) is 11.4 Å². The molecule has 1 fully saturated rings. The molecule has 0 aliphatic carbocycles. The molecule has 0 bridgehead atoms. The van der Waals surface area contributed by atoms with Gasteiger partial charge in [-0.25, -0.2) is 4.98 Å². The summed E-state index contributed by atoms with van der Waals surface area (Å²) in [4.78, 5) is 35.9. The number of amides is 1. The van der Waals surface area contributed by atoms with Gasteiger partial charge in [-0.05, 0) is 64.4 Å². The molecule has 0 unspecified atom stereocenters. The van der Waals surface area contributed by atoms with E-state index in [1.54, 1.807) is 36.4 Å². The largest absolute Gasteiger partial charge is 0.410 e. The first-order valence-corrected chi connectivity index (χ1v) is 13.3. The Morgan fingerprint density at radius 3 is 2.49 bits per heavy atom. The Morgan fingerprint density at radius 1 is 1.08 bits per heavy atom. The van der Waals surface area contributed by atoms with Crippen molar-refractivity contribution in [3.8, 4) is 11.4 Å². The zero-order chi connectivity index (χ0) is 28.5. The van der Waals surface area contributed by atoms with Gasteiger partial charge in [0.2, 0.25) is 5.91 Å². The maximum atomic E-state index is 13.8. The fraction of sp³-hybridized carbons (Fsp3) is 0.464. The van der Waals surface area contributed by atoms with Crippen molar-refractivity contribution in [3.63, 3.8) is 0 Å². The lowest BCUT2D eigenvalue weighted by Gasteiger charge is -2.29. The Balaban J connectivity index is 1.77. The molecular formula is C28H33ClF3N5O2. The minimum atomic E-state index is -4.67. The lowest BCUT2D eigenvalue weighted by Crippen LogP contribution is -2.55. The first-order chi connectivity index (χ1) is 18.3. The maximum Gasteiger partial charge on any atom is 0.410 e. The van der Waals surface area contributed by atoms with Crippen molar-refractivity contribution in [2.75, 3.05) is 31.1 Å². The molecular weight excluding hydrogens is 531 g/mol. The summed E-state index contributed by atoms with van der Waals surface area (Å²) in [5.74, 6) is -0.814. The standard InChI is InChI=1S/C28H33ClF3N5O2/c1-18(2)35-11-6-12-36(14-13-35)21-9-10-23-22(16-21)26(39)37(17-24(38)34-27(3,4)28(30,31)32)25(33-23)19-7-5-8-20(29)15-19/h5,7-10,15-16,18H,6,11-14,17H2,1-4H3,(H,34,38). The number of fused-ring (bicyclic) bond motifs is 1. The van der Waals surface area contributed by atoms with Crippen LogP contribution in [-0.2, 0) is 11.3 Å². The van der Waals surface area contributed by atoms with Crippen LogP contribution < -0.4 is 15.8 Å². The van der Waals surface area contributed by atoms with E-state index in [0.717, 1.165) is 56.7 Å². The number of hydrogen-bond acceptors (Lipinski definition) is 5. The van der Waals surface area contributed by atoms with Gasteiger partial charge in [-0.3, -0.25) is 19.1 Å². The average Bonchev–Trinajstić information content (AvgIpc) is 3.11. The summed E-state index contributed by atoms with van der Waals surface area (Å²) in [5, 5.41) is 2.68. The van der Waals surface area contributed by atoms with E-state index < -0.39 is 29.7 Å². The van der Waals surface area contributed by atoms with Gasteiger partial charge in [0.1, 0.15) is 17.9 Å². The summed E-state index contributed by atoms with van der Waals surface area (Å²) in [5.41, 5.74) is -1.25.